The first-order valence-corrected chi connectivity index (χ1v) is 5.01. The molecule has 1 fully saturated rings. The van der Waals surface area contributed by atoms with E-state index in [1.54, 1.807) is 4.90 Å². The molecule has 1 heterocycles. The highest BCUT2D eigenvalue weighted by molar-refractivity contribution is 5.78. The maximum Gasteiger partial charge on any atom is 0.236 e. The number of piperidine rings is 1. The van der Waals surface area contributed by atoms with Gasteiger partial charge in [0.25, 0.3) is 0 Å². The Morgan fingerprint density at radius 2 is 2.43 bits per heavy atom. The number of hydrogen-bond acceptors (Lipinski definition) is 3. The van der Waals surface area contributed by atoms with Crippen molar-refractivity contribution in [1.82, 2.24) is 10.2 Å². The molecule has 0 bridgehead atoms. The van der Waals surface area contributed by atoms with Crippen molar-refractivity contribution in [2.75, 3.05) is 20.1 Å². The van der Waals surface area contributed by atoms with Gasteiger partial charge in [-0.3, -0.25) is 4.79 Å². The molecule has 0 aromatic carbocycles. The second-order valence-electron chi connectivity index (χ2n) is 3.84. The summed E-state index contributed by atoms with van der Waals surface area (Å²) < 4.78 is 0. The van der Waals surface area contributed by atoms with Crippen LogP contribution in [-0.4, -0.2) is 37.0 Å². The quantitative estimate of drug-likeness (QED) is 0.692. The minimum absolute atomic E-state index is 0.00478. The molecular weight excluding hydrogens is 178 g/mol. The van der Waals surface area contributed by atoms with Crippen LogP contribution in [0.15, 0.2) is 0 Å². The van der Waals surface area contributed by atoms with Crippen LogP contribution in [0.4, 0.5) is 0 Å². The molecule has 0 aromatic heterocycles. The molecule has 0 aromatic rings. The summed E-state index contributed by atoms with van der Waals surface area (Å²) in [7, 11) is 1.92. The molecule has 0 spiro atoms. The van der Waals surface area contributed by atoms with Crippen molar-refractivity contribution in [3.8, 4) is 6.07 Å². The minimum Gasteiger partial charge on any atom is -0.340 e. The number of hydrogen-bond donors (Lipinski definition) is 1. The van der Waals surface area contributed by atoms with Crippen LogP contribution in [0, 0.1) is 17.2 Å². The molecule has 1 saturated heterocycles. The third kappa shape index (κ3) is 2.46. The highest BCUT2D eigenvalue weighted by Crippen LogP contribution is 2.17. The molecule has 1 rings (SSSR count). The van der Waals surface area contributed by atoms with Crippen molar-refractivity contribution in [2.24, 2.45) is 5.92 Å². The summed E-state index contributed by atoms with van der Waals surface area (Å²) >= 11 is 0. The zero-order valence-corrected chi connectivity index (χ0v) is 8.79. The molecule has 4 heteroatoms. The van der Waals surface area contributed by atoms with Gasteiger partial charge in [-0.05, 0) is 19.4 Å². The summed E-state index contributed by atoms with van der Waals surface area (Å²) in [5, 5.41) is 11.6. The maximum atomic E-state index is 11.4. The van der Waals surface area contributed by atoms with Crippen LogP contribution < -0.4 is 5.32 Å². The molecule has 1 aliphatic heterocycles. The Kier molecular flexibility index (Phi) is 3.90. The molecule has 0 saturated carbocycles. The van der Waals surface area contributed by atoms with Crippen molar-refractivity contribution in [3.05, 3.63) is 0 Å². The highest BCUT2D eigenvalue weighted by Gasteiger charge is 2.27. The summed E-state index contributed by atoms with van der Waals surface area (Å²) in [5.74, 6) is 0.561. The Labute approximate surface area is 84.9 Å². The molecule has 4 nitrogen and oxygen atoms in total. The number of carbonyl (C=O) groups is 1. The Hall–Kier alpha value is -1.08. The lowest BCUT2D eigenvalue weighted by atomic mass is 9.93. The fourth-order valence-electron chi connectivity index (χ4n) is 1.85. The van der Waals surface area contributed by atoms with E-state index in [1.807, 2.05) is 13.1 Å². The topological polar surface area (TPSA) is 56.1 Å². The van der Waals surface area contributed by atoms with Crippen molar-refractivity contribution in [1.29, 1.82) is 5.26 Å². The normalized spacial score (nSPS) is 27.1. The number of nitriles is 1. The molecule has 1 N–H and O–H groups in total. The standard InChI is InChI=1S/C10H17N3O/c1-8-4-6-13(7-9(8)12-2)10(14)3-5-11/h8-9,12H,3-4,6-7H2,1-2H3. The van der Waals surface area contributed by atoms with Gasteiger partial charge in [0, 0.05) is 19.1 Å². The summed E-state index contributed by atoms with van der Waals surface area (Å²) in [6.07, 6.45) is 1.02. The number of nitrogens with one attached hydrogen (secondary N) is 1. The number of nitrogens with zero attached hydrogens (tertiary/aromatic N) is 2. The SMILES string of the molecule is CNC1CN(C(=O)CC#N)CCC1C. The Bertz CT molecular complexity index is 246. The van der Waals surface area contributed by atoms with Gasteiger partial charge >= 0.3 is 0 Å². The fraction of sp³-hybridized carbons (Fsp3) is 0.800. The summed E-state index contributed by atoms with van der Waals surface area (Å²) in [4.78, 5) is 13.2. The molecule has 2 atom stereocenters. The Morgan fingerprint density at radius 1 is 1.71 bits per heavy atom. The number of likely N-dealkylation sites (N-methyl/N-ethyl adjacent to an activating group) is 1. The lowest BCUT2D eigenvalue weighted by molar-refractivity contribution is -0.132. The van der Waals surface area contributed by atoms with Gasteiger partial charge in [0.1, 0.15) is 6.42 Å². The number of carbonyl (C=O) groups excluding carboxylic acids is 1. The van der Waals surface area contributed by atoms with Gasteiger partial charge in [0.15, 0.2) is 0 Å². The Morgan fingerprint density at radius 3 is 3.00 bits per heavy atom. The van der Waals surface area contributed by atoms with E-state index in [1.165, 1.54) is 0 Å². The molecule has 0 aliphatic carbocycles. The fourth-order valence-corrected chi connectivity index (χ4v) is 1.85. The summed E-state index contributed by atoms with van der Waals surface area (Å²) in [5.41, 5.74) is 0. The van der Waals surface area contributed by atoms with Crippen LogP contribution in [0.2, 0.25) is 0 Å². The van der Waals surface area contributed by atoms with E-state index in [2.05, 4.69) is 12.2 Å². The predicted molar refractivity (Wildman–Crippen MR) is 53.4 cm³/mol. The lowest BCUT2D eigenvalue weighted by Crippen LogP contribution is -2.50. The van der Waals surface area contributed by atoms with Gasteiger partial charge in [-0.25, -0.2) is 0 Å². The van der Waals surface area contributed by atoms with Gasteiger partial charge in [0.2, 0.25) is 5.91 Å². The van der Waals surface area contributed by atoms with E-state index in [4.69, 9.17) is 5.26 Å². The second-order valence-corrected chi connectivity index (χ2v) is 3.84. The maximum absolute atomic E-state index is 11.4. The van der Waals surface area contributed by atoms with Crippen LogP contribution in [0.5, 0.6) is 0 Å². The van der Waals surface area contributed by atoms with Crippen LogP contribution in [0.1, 0.15) is 19.8 Å². The number of likely N-dealkylation sites (tertiary alicyclic amines) is 1. The average Bonchev–Trinajstić information content (AvgIpc) is 2.19. The molecule has 1 amide bonds. The van der Waals surface area contributed by atoms with Crippen LogP contribution in [0.3, 0.4) is 0 Å². The lowest BCUT2D eigenvalue weighted by Gasteiger charge is -2.36. The van der Waals surface area contributed by atoms with Gasteiger partial charge in [-0.15, -0.1) is 0 Å². The van der Waals surface area contributed by atoms with Gasteiger partial charge in [-0.2, -0.15) is 5.26 Å². The average molecular weight is 195 g/mol. The zero-order chi connectivity index (χ0) is 10.6. The number of amides is 1. The summed E-state index contributed by atoms with van der Waals surface area (Å²) in [6.45, 7) is 3.71. The molecule has 0 radical (unpaired) electrons. The van der Waals surface area contributed by atoms with E-state index in [-0.39, 0.29) is 12.3 Å². The smallest absolute Gasteiger partial charge is 0.236 e. The van der Waals surface area contributed by atoms with E-state index < -0.39 is 0 Å². The first-order chi connectivity index (χ1) is 6.69. The molecular formula is C10H17N3O. The van der Waals surface area contributed by atoms with Crippen LogP contribution in [0.25, 0.3) is 0 Å². The zero-order valence-electron chi connectivity index (χ0n) is 8.79. The van der Waals surface area contributed by atoms with Crippen molar-refractivity contribution in [3.63, 3.8) is 0 Å². The third-order valence-electron chi connectivity index (χ3n) is 2.91. The first kappa shape index (κ1) is 11.0. The van der Waals surface area contributed by atoms with E-state index in [9.17, 15) is 4.79 Å². The molecule has 78 valence electrons. The van der Waals surface area contributed by atoms with Crippen molar-refractivity contribution in [2.45, 2.75) is 25.8 Å². The molecule has 2 unspecified atom stereocenters. The van der Waals surface area contributed by atoms with Gasteiger partial charge < -0.3 is 10.2 Å². The van der Waals surface area contributed by atoms with Crippen molar-refractivity contribution >= 4 is 5.91 Å². The van der Waals surface area contributed by atoms with Crippen LogP contribution in [-0.2, 0) is 4.79 Å². The largest absolute Gasteiger partial charge is 0.340 e. The second kappa shape index (κ2) is 4.97. The van der Waals surface area contributed by atoms with Crippen molar-refractivity contribution < 1.29 is 4.79 Å². The number of rotatable bonds is 2. The van der Waals surface area contributed by atoms with E-state index >= 15 is 0 Å². The van der Waals surface area contributed by atoms with Crippen LogP contribution >= 0.6 is 0 Å². The Balaban J connectivity index is 2.50. The van der Waals surface area contributed by atoms with Gasteiger partial charge in [0.05, 0.1) is 6.07 Å². The highest BCUT2D eigenvalue weighted by atomic mass is 16.2. The monoisotopic (exact) mass is 195 g/mol. The minimum atomic E-state index is -0.0420. The summed E-state index contributed by atoms with van der Waals surface area (Å²) in [6, 6.07) is 2.26. The van der Waals surface area contributed by atoms with E-state index in [0.29, 0.717) is 12.0 Å². The third-order valence-corrected chi connectivity index (χ3v) is 2.91. The van der Waals surface area contributed by atoms with Gasteiger partial charge in [-0.1, -0.05) is 6.92 Å². The van der Waals surface area contributed by atoms with E-state index in [0.717, 1.165) is 19.5 Å². The first-order valence-electron chi connectivity index (χ1n) is 5.01. The predicted octanol–water partition coefficient (Wildman–Crippen LogP) is 0.356. The molecule has 1 aliphatic rings. The molecule has 14 heavy (non-hydrogen) atoms.